The SMILES string of the molecule is COc1ccc(C(=O)Nc2ccc(OC)cc2[ClH+])cc1. The van der Waals surface area contributed by atoms with Crippen LogP contribution >= 0.6 is 0 Å². The molecule has 104 valence electrons. The van der Waals surface area contributed by atoms with E-state index >= 15 is 0 Å². The molecule has 5 heteroatoms. The average Bonchev–Trinajstić information content (AvgIpc) is 2.49. The maximum Gasteiger partial charge on any atom is 0.255 e. The number of methoxy groups -OCH3 is 2. The van der Waals surface area contributed by atoms with E-state index in [9.17, 15) is 4.79 Å². The van der Waals surface area contributed by atoms with Gasteiger partial charge in [0.2, 0.25) is 0 Å². The molecule has 0 aliphatic carbocycles. The van der Waals surface area contributed by atoms with Gasteiger partial charge in [-0.15, -0.1) is 0 Å². The Labute approximate surface area is 122 Å². The molecule has 0 aromatic heterocycles. The number of ether oxygens (including phenoxy) is 2. The largest absolute Gasteiger partial charge is 0.497 e. The predicted octanol–water partition coefficient (Wildman–Crippen LogP) is 2.65. The molecule has 0 fully saturated rings. The molecule has 0 aliphatic heterocycles. The quantitative estimate of drug-likeness (QED) is 0.942. The van der Waals surface area contributed by atoms with Gasteiger partial charge < -0.3 is 14.8 Å². The maximum atomic E-state index is 12.1. The highest BCUT2D eigenvalue weighted by Gasteiger charge is 2.13. The summed E-state index contributed by atoms with van der Waals surface area (Å²) in [6, 6.07) is 12.0. The van der Waals surface area contributed by atoms with Gasteiger partial charge in [0.1, 0.15) is 17.2 Å². The molecule has 0 saturated heterocycles. The minimum Gasteiger partial charge on any atom is -0.497 e. The van der Waals surface area contributed by atoms with E-state index < -0.39 is 0 Å². The molecule has 2 aromatic carbocycles. The van der Waals surface area contributed by atoms with Crippen molar-refractivity contribution in [1.82, 2.24) is 0 Å². The van der Waals surface area contributed by atoms with E-state index in [-0.39, 0.29) is 5.91 Å². The van der Waals surface area contributed by atoms with Gasteiger partial charge in [-0.1, -0.05) is 0 Å². The number of hydrogen-bond donors (Lipinski definition) is 1. The first-order valence-corrected chi connectivity index (χ1v) is 6.35. The summed E-state index contributed by atoms with van der Waals surface area (Å²) in [6.45, 7) is 0. The van der Waals surface area contributed by atoms with Crippen molar-refractivity contribution in [3.63, 3.8) is 0 Å². The first-order valence-electron chi connectivity index (χ1n) is 5.94. The molecule has 0 radical (unpaired) electrons. The van der Waals surface area contributed by atoms with Gasteiger partial charge >= 0.3 is 0 Å². The third-order valence-corrected chi connectivity index (χ3v) is 3.13. The Morgan fingerprint density at radius 2 is 1.60 bits per heavy atom. The van der Waals surface area contributed by atoms with Crippen molar-refractivity contribution in [2.24, 2.45) is 0 Å². The summed E-state index contributed by atoms with van der Waals surface area (Å²) in [5.74, 6) is 1.15. The highest BCUT2D eigenvalue weighted by molar-refractivity contribution is 6.04. The van der Waals surface area contributed by atoms with Crippen molar-refractivity contribution in [2.45, 2.75) is 0 Å². The van der Waals surface area contributed by atoms with Gasteiger partial charge in [-0.3, -0.25) is 4.79 Å². The van der Waals surface area contributed by atoms with Crippen LogP contribution in [-0.4, -0.2) is 20.1 Å². The number of carbonyl (C=O) groups is 1. The summed E-state index contributed by atoms with van der Waals surface area (Å²) in [5.41, 5.74) is 1.12. The van der Waals surface area contributed by atoms with Crippen LogP contribution in [0.15, 0.2) is 42.5 Å². The summed E-state index contributed by atoms with van der Waals surface area (Å²) in [4.78, 5) is 12.1. The average molecular weight is 293 g/mol. The number of rotatable bonds is 4. The molecule has 0 saturated carbocycles. The van der Waals surface area contributed by atoms with Gasteiger partial charge in [0.05, 0.1) is 14.2 Å². The van der Waals surface area contributed by atoms with Gasteiger partial charge in [0, 0.05) is 11.6 Å². The zero-order chi connectivity index (χ0) is 14.5. The van der Waals surface area contributed by atoms with Gasteiger partial charge in [-0.05, 0) is 36.4 Å². The first kappa shape index (κ1) is 14.2. The number of amides is 1. The lowest BCUT2D eigenvalue weighted by Crippen LogP contribution is -2.12. The molecular weight excluding hydrogens is 278 g/mol. The van der Waals surface area contributed by atoms with E-state index in [2.05, 4.69) is 5.32 Å². The van der Waals surface area contributed by atoms with Crippen molar-refractivity contribution in [3.05, 3.63) is 53.1 Å². The van der Waals surface area contributed by atoms with E-state index in [0.29, 0.717) is 27.8 Å². The van der Waals surface area contributed by atoms with Crippen LogP contribution in [0.1, 0.15) is 10.4 Å². The topological polar surface area (TPSA) is 47.6 Å². The molecule has 0 heterocycles. The first-order chi connectivity index (χ1) is 9.63. The van der Waals surface area contributed by atoms with Crippen molar-refractivity contribution in [2.75, 3.05) is 19.5 Å². The minimum atomic E-state index is -0.219. The normalized spacial score (nSPS) is 9.95. The number of carbonyl (C=O) groups excluding carboxylic acids is 1. The van der Waals surface area contributed by atoms with Crippen LogP contribution in [0.3, 0.4) is 0 Å². The fourth-order valence-electron chi connectivity index (χ4n) is 1.67. The van der Waals surface area contributed by atoms with Gasteiger partial charge in [0.15, 0.2) is 11.6 Å². The monoisotopic (exact) mass is 292 g/mol. The molecule has 1 amide bonds. The third-order valence-electron chi connectivity index (χ3n) is 2.79. The predicted molar refractivity (Wildman–Crippen MR) is 74.5 cm³/mol. The Hall–Kier alpha value is -2.20. The minimum absolute atomic E-state index is 0.219. The standard InChI is InChI=1S/C15H14ClNO3/c1-19-11-5-3-10(4-6-11)15(18)17-14-8-7-12(20-2)9-13(14)16/h3-9,16H,1-2H3/p+1. The molecular formula is C15H15ClNO3+. The fourth-order valence-corrected chi connectivity index (χ4v) is 1.91. The molecule has 0 aliphatic rings. The number of hydrogen-bond acceptors (Lipinski definition) is 3. The molecule has 2 rings (SSSR count). The summed E-state index contributed by atoms with van der Waals surface area (Å²) in [5, 5.41) is 3.31. The molecule has 4 nitrogen and oxygen atoms in total. The lowest BCUT2D eigenvalue weighted by atomic mass is 10.2. The van der Waals surface area contributed by atoms with E-state index in [0.717, 1.165) is 0 Å². The van der Waals surface area contributed by atoms with Crippen LogP contribution in [0.2, 0.25) is 5.02 Å². The van der Waals surface area contributed by atoms with Crippen LogP contribution in [0.5, 0.6) is 11.5 Å². The zero-order valence-corrected chi connectivity index (χ0v) is 12.0. The van der Waals surface area contributed by atoms with Crippen LogP contribution in [0, 0.1) is 11.6 Å². The molecule has 0 bridgehead atoms. The number of halogens is 1. The molecule has 0 spiro atoms. The lowest BCUT2D eigenvalue weighted by molar-refractivity contribution is -0.287. The Kier molecular flexibility index (Phi) is 4.48. The lowest BCUT2D eigenvalue weighted by Gasteiger charge is -2.06. The Bertz CT molecular complexity index is 611. The number of nitrogens with one attached hydrogen (secondary N) is 1. The number of anilines is 1. The molecule has 0 atom stereocenters. The van der Waals surface area contributed by atoms with Crippen LogP contribution < -0.4 is 14.8 Å². The third kappa shape index (κ3) is 3.22. The van der Waals surface area contributed by atoms with Gasteiger partial charge in [-0.25, -0.2) is 0 Å². The van der Waals surface area contributed by atoms with Crippen LogP contribution in [0.4, 0.5) is 5.69 Å². The molecule has 20 heavy (non-hydrogen) atoms. The summed E-state index contributed by atoms with van der Waals surface area (Å²) in [7, 11) is 3.15. The van der Waals surface area contributed by atoms with Crippen LogP contribution in [0.25, 0.3) is 0 Å². The summed E-state index contributed by atoms with van der Waals surface area (Å²) < 4.78 is 10.1. The van der Waals surface area contributed by atoms with Gasteiger partial charge in [-0.2, -0.15) is 0 Å². The zero-order valence-electron chi connectivity index (χ0n) is 11.2. The second kappa shape index (κ2) is 6.30. The summed E-state index contributed by atoms with van der Waals surface area (Å²) in [6.07, 6.45) is 0. The van der Waals surface area contributed by atoms with Gasteiger partial charge in [0.25, 0.3) is 10.9 Å². The summed E-state index contributed by atoms with van der Waals surface area (Å²) >= 11 is 5.20. The van der Waals surface area contributed by atoms with E-state index in [4.69, 9.17) is 21.1 Å². The molecule has 2 aromatic rings. The van der Waals surface area contributed by atoms with E-state index in [1.165, 1.54) is 0 Å². The van der Waals surface area contributed by atoms with Crippen molar-refractivity contribution < 1.29 is 25.9 Å². The smallest absolute Gasteiger partial charge is 0.255 e. The van der Waals surface area contributed by atoms with E-state index in [1.54, 1.807) is 56.7 Å². The van der Waals surface area contributed by atoms with Crippen molar-refractivity contribution in [1.29, 1.82) is 0 Å². The Morgan fingerprint density at radius 1 is 1.00 bits per heavy atom. The second-order valence-corrected chi connectivity index (χ2v) is 4.48. The van der Waals surface area contributed by atoms with Crippen molar-refractivity contribution in [3.8, 4) is 11.5 Å². The van der Waals surface area contributed by atoms with Crippen LogP contribution in [-0.2, 0) is 0 Å². The highest BCUT2D eigenvalue weighted by Crippen LogP contribution is 2.23. The fraction of sp³-hybridized carbons (Fsp3) is 0.133. The Morgan fingerprint density at radius 3 is 2.15 bits per heavy atom. The number of benzene rings is 2. The maximum absolute atomic E-state index is 12.1. The highest BCUT2D eigenvalue weighted by atomic mass is 35.5. The van der Waals surface area contributed by atoms with E-state index in [1.807, 2.05) is 0 Å². The van der Waals surface area contributed by atoms with Crippen molar-refractivity contribution >= 4 is 11.6 Å². The second-order valence-electron chi connectivity index (χ2n) is 4.04. The molecule has 1 N–H and O–H groups in total. The molecule has 0 unspecified atom stereocenters. The Balaban J connectivity index is 2.14.